The molecule has 0 saturated carbocycles. The predicted molar refractivity (Wildman–Crippen MR) is 77.5 cm³/mol. The molecule has 0 aliphatic heterocycles. The van der Waals surface area contributed by atoms with Gasteiger partial charge in [-0.3, -0.25) is 0 Å². The highest BCUT2D eigenvalue weighted by atomic mass is 35.5. The van der Waals surface area contributed by atoms with E-state index >= 15 is 0 Å². The molecule has 2 heterocycles. The molecule has 0 bridgehead atoms. The van der Waals surface area contributed by atoms with E-state index in [4.69, 9.17) is 16.7 Å². The minimum absolute atomic E-state index is 0.217. The van der Waals surface area contributed by atoms with Crippen molar-refractivity contribution in [2.45, 2.75) is 13.0 Å². The van der Waals surface area contributed by atoms with Crippen LogP contribution >= 0.6 is 22.9 Å². The van der Waals surface area contributed by atoms with Gasteiger partial charge in [0.1, 0.15) is 5.52 Å². The maximum absolute atomic E-state index is 10.9. The molecule has 3 rings (SSSR count). The molecular weight excluding hydrogens is 298 g/mol. The van der Waals surface area contributed by atoms with Gasteiger partial charge in [-0.25, -0.2) is 9.48 Å². The van der Waals surface area contributed by atoms with Crippen LogP contribution in [0.15, 0.2) is 30.3 Å². The van der Waals surface area contributed by atoms with E-state index in [1.54, 1.807) is 28.2 Å². The Morgan fingerprint density at radius 3 is 2.90 bits per heavy atom. The van der Waals surface area contributed by atoms with E-state index in [0.29, 0.717) is 12.1 Å². The molecule has 1 aromatic carbocycles. The van der Waals surface area contributed by atoms with E-state index in [-0.39, 0.29) is 5.56 Å². The van der Waals surface area contributed by atoms with Crippen molar-refractivity contribution in [2.75, 3.05) is 0 Å². The second-order valence-electron chi connectivity index (χ2n) is 4.28. The normalized spacial score (nSPS) is 11.1. The summed E-state index contributed by atoms with van der Waals surface area (Å²) in [5, 5.41) is 17.0. The highest BCUT2D eigenvalue weighted by molar-refractivity contribution is 7.16. The van der Waals surface area contributed by atoms with Gasteiger partial charge in [-0.1, -0.05) is 16.8 Å². The first-order valence-corrected chi connectivity index (χ1v) is 7.14. The average molecular weight is 308 g/mol. The number of benzene rings is 1. The summed E-state index contributed by atoms with van der Waals surface area (Å²) < 4.78 is 2.55. The predicted octanol–water partition coefficient (Wildman–Crippen LogP) is 3.09. The summed E-state index contributed by atoms with van der Waals surface area (Å²) in [6.45, 7) is 0.680. The Hall–Kier alpha value is -1.92. The van der Waals surface area contributed by atoms with Crippen LogP contribution in [0.3, 0.4) is 0 Å². The van der Waals surface area contributed by atoms with Gasteiger partial charge in [-0.05, 0) is 30.3 Å². The average Bonchev–Trinajstić information content (AvgIpc) is 3.02. The molecule has 0 spiro atoms. The Balaban J connectivity index is 1.83. The van der Waals surface area contributed by atoms with E-state index < -0.39 is 5.97 Å². The van der Waals surface area contributed by atoms with Crippen LogP contribution < -0.4 is 0 Å². The second kappa shape index (κ2) is 5.22. The molecule has 20 heavy (non-hydrogen) atoms. The Morgan fingerprint density at radius 1 is 1.35 bits per heavy atom. The third kappa shape index (κ3) is 2.52. The SMILES string of the molecule is O=C(O)c1ccc2c(c1)nnn2CCc1ccc(Cl)s1. The molecule has 0 aliphatic carbocycles. The number of hydrogen-bond acceptors (Lipinski definition) is 4. The number of carboxylic acid groups (broad SMARTS) is 1. The van der Waals surface area contributed by atoms with E-state index in [0.717, 1.165) is 16.3 Å². The first-order valence-electron chi connectivity index (χ1n) is 5.94. The molecule has 0 unspecified atom stereocenters. The van der Waals surface area contributed by atoms with E-state index in [2.05, 4.69) is 10.3 Å². The highest BCUT2D eigenvalue weighted by Crippen LogP contribution is 2.22. The zero-order valence-electron chi connectivity index (χ0n) is 10.3. The number of aryl methyl sites for hydroxylation is 2. The van der Waals surface area contributed by atoms with Crippen LogP contribution in [0.25, 0.3) is 11.0 Å². The lowest BCUT2D eigenvalue weighted by Crippen LogP contribution is -2.02. The van der Waals surface area contributed by atoms with Gasteiger partial charge in [0, 0.05) is 17.8 Å². The summed E-state index contributed by atoms with van der Waals surface area (Å²) in [4.78, 5) is 12.1. The summed E-state index contributed by atoms with van der Waals surface area (Å²) in [6, 6.07) is 8.70. The van der Waals surface area contributed by atoms with Crippen molar-refractivity contribution in [2.24, 2.45) is 0 Å². The maximum Gasteiger partial charge on any atom is 0.335 e. The van der Waals surface area contributed by atoms with E-state index in [9.17, 15) is 4.79 Å². The molecule has 5 nitrogen and oxygen atoms in total. The zero-order valence-corrected chi connectivity index (χ0v) is 11.9. The van der Waals surface area contributed by atoms with Crippen LogP contribution in [-0.2, 0) is 13.0 Å². The van der Waals surface area contributed by atoms with Crippen molar-refractivity contribution < 1.29 is 9.90 Å². The lowest BCUT2D eigenvalue weighted by atomic mass is 10.2. The lowest BCUT2D eigenvalue weighted by molar-refractivity contribution is 0.0697. The highest BCUT2D eigenvalue weighted by Gasteiger charge is 2.09. The molecule has 0 fully saturated rings. The lowest BCUT2D eigenvalue weighted by Gasteiger charge is -2.01. The molecule has 3 aromatic rings. The van der Waals surface area contributed by atoms with Crippen molar-refractivity contribution >= 4 is 39.9 Å². The van der Waals surface area contributed by atoms with E-state index in [1.807, 2.05) is 12.1 Å². The fourth-order valence-corrected chi connectivity index (χ4v) is 3.05. The summed E-state index contributed by atoms with van der Waals surface area (Å²) in [7, 11) is 0. The van der Waals surface area contributed by atoms with Crippen LogP contribution in [-0.4, -0.2) is 26.1 Å². The van der Waals surface area contributed by atoms with Gasteiger partial charge in [0.25, 0.3) is 0 Å². The Bertz CT molecular complexity index is 781. The van der Waals surface area contributed by atoms with Gasteiger partial charge < -0.3 is 5.11 Å². The second-order valence-corrected chi connectivity index (χ2v) is 6.08. The molecule has 0 amide bonds. The van der Waals surface area contributed by atoms with Crippen LogP contribution in [0, 0.1) is 0 Å². The third-order valence-corrected chi connectivity index (χ3v) is 4.25. The number of thiophene rings is 1. The van der Waals surface area contributed by atoms with Crippen LogP contribution in [0.1, 0.15) is 15.2 Å². The van der Waals surface area contributed by atoms with Gasteiger partial charge in [-0.15, -0.1) is 16.4 Å². The van der Waals surface area contributed by atoms with Crippen LogP contribution in [0.5, 0.6) is 0 Å². The molecule has 2 aromatic heterocycles. The first kappa shape index (κ1) is 13.1. The number of carboxylic acids is 1. The zero-order chi connectivity index (χ0) is 14.1. The van der Waals surface area contributed by atoms with Crippen molar-refractivity contribution in [1.29, 1.82) is 0 Å². The van der Waals surface area contributed by atoms with Gasteiger partial charge in [0.15, 0.2) is 0 Å². The van der Waals surface area contributed by atoms with Crippen molar-refractivity contribution in [3.8, 4) is 0 Å². The van der Waals surface area contributed by atoms with Crippen LogP contribution in [0.4, 0.5) is 0 Å². The minimum Gasteiger partial charge on any atom is -0.478 e. The third-order valence-electron chi connectivity index (χ3n) is 2.96. The number of nitrogens with zero attached hydrogens (tertiary/aromatic N) is 3. The monoisotopic (exact) mass is 307 g/mol. The maximum atomic E-state index is 10.9. The molecule has 0 saturated heterocycles. The largest absolute Gasteiger partial charge is 0.478 e. The number of hydrogen-bond donors (Lipinski definition) is 1. The number of carbonyl (C=O) groups is 1. The molecule has 7 heteroatoms. The number of aromatic carboxylic acids is 1. The number of fused-ring (bicyclic) bond motifs is 1. The van der Waals surface area contributed by atoms with E-state index in [1.165, 1.54) is 10.9 Å². The quantitative estimate of drug-likeness (QED) is 0.804. The Morgan fingerprint density at radius 2 is 2.20 bits per heavy atom. The minimum atomic E-state index is -0.963. The molecular formula is C13H10ClN3O2S. The summed E-state index contributed by atoms with van der Waals surface area (Å²) in [5.41, 5.74) is 1.64. The summed E-state index contributed by atoms with van der Waals surface area (Å²) >= 11 is 7.44. The standard InChI is InChI=1S/C13H10ClN3O2S/c14-12-4-2-9(20-12)5-6-17-11-3-1-8(13(18)19)7-10(11)15-16-17/h1-4,7H,5-6H2,(H,18,19). The summed E-state index contributed by atoms with van der Waals surface area (Å²) in [6.07, 6.45) is 0.816. The molecule has 1 N–H and O–H groups in total. The van der Waals surface area contributed by atoms with Gasteiger partial charge in [0.05, 0.1) is 15.4 Å². The van der Waals surface area contributed by atoms with Gasteiger partial charge in [0.2, 0.25) is 0 Å². The number of halogens is 1. The summed E-state index contributed by atoms with van der Waals surface area (Å²) in [5.74, 6) is -0.963. The fraction of sp³-hybridized carbons (Fsp3) is 0.154. The topological polar surface area (TPSA) is 68.0 Å². The molecule has 0 aliphatic rings. The van der Waals surface area contributed by atoms with Crippen LogP contribution in [0.2, 0.25) is 4.34 Å². The smallest absolute Gasteiger partial charge is 0.335 e. The van der Waals surface area contributed by atoms with Crippen molar-refractivity contribution in [3.63, 3.8) is 0 Å². The molecule has 0 atom stereocenters. The first-order chi connectivity index (χ1) is 9.63. The van der Waals surface area contributed by atoms with Crippen molar-refractivity contribution in [3.05, 3.63) is 45.1 Å². The fourth-order valence-electron chi connectivity index (χ4n) is 1.97. The number of aromatic nitrogens is 3. The Kier molecular flexibility index (Phi) is 3.42. The van der Waals surface area contributed by atoms with Gasteiger partial charge >= 0.3 is 5.97 Å². The molecule has 0 radical (unpaired) electrons. The Labute approximate surface area is 123 Å². The molecule has 102 valence electrons. The van der Waals surface area contributed by atoms with Gasteiger partial charge in [-0.2, -0.15) is 0 Å². The number of rotatable bonds is 4. The van der Waals surface area contributed by atoms with Crippen molar-refractivity contribution in [1.82, 2.24) is 15.0 Å².